The molecule has 1 atom stereocenters. The predicted molar refractivity (Wildman–Crippen MR) is 84.4 cm³/mol. The number of nitrogens with one attached hydrogen (secondary N) is 1. The number of rotatable bonds is 8. The summed E-state index contributed by atoms with van der Waals surface area (Å²) in [5.41, 5.74) is 6.24. The molecule has 0 heterocycles. The number of hydrogen-bond donors (Lipinski definition) is 2. The highest BCUT2D eigenvalue weighted by molar-refractivity contribution is 5.85. The normalized spacial score (nSPS) is 11.4. The molecule has 1 rings (SSSR count). The van der Waals surface area contributed by atoms with Crippen LogP contribution in [0, 0.1) is 5.82 Å². The van der Waals surface area contributed by atoms with Crippen molar-refractivity contribution < 1.29 is 13.9 Å². The summed E-state index contributed by atoms with van der Waals surface area (Å²) in [5, 5.41) is 2.88. The third-order valence-electron chi connectivity index (χ3n) is 3.14. The summed E-state index contributed by atoms with van der Waals surface area (Å²) in [6.45, 7) is 2.51. The highest BCUT2D eigenvalue weighted by Crippen LogP contribution is 2.17. The van der Waals surface area contributed by atoms with Gasteiger partial charge in [-0.2, -0.15) is 0 Å². The standard InChI is InChI=1S/C15H23FN2O2.ClH/c1-3-4-5-12(10-17)18-15(19)9-11-6-7-14(20-2)13(16)8-11;/h6-8,12H,3-5,9-10,17H2,1-2H3,(H,18,19);1H. The van der Waals surface area contributed by atoms with E-state index in [2.05, 4.69) is 12.2 Å². The van der Waals surface area contributed by atoms with E-state index in [-0.39, 0.29) is 36.5 Å². The van der Waals surface area contributed by atoms with Crippen molar-refractivity contribution in [3.8, 4) is 5.75 Å². The van der Waals surface area contributed by atoms with Gasteiger partial charge in [0, 0.05) is 12.6 Å². The SMILES string of the molecule is CCCCC(CN)NC(=O)Cc1ccc(OC)c(F)c1.Cl. The molecule has 0 saturated heterocycles. The van der Waals surface area contributed by atoms with Gasteiger partial charge in [0.15, 0.2) is 11.6 Å². The molecule has 6 heteroatoms. The fourth-order valence-electron chi connectivity index (χ4n) is 1.98. The lowest BCUT2D eigenvalue weighted by molar-refractivity contribution is -0.121. The van der Waals surface area contributed by atoms with E-state index in [1.807, 2.05) is 0 Å². The Labute approximate surface area is 131 Å². The molecule has 1 aromatic rings. The molecule has 1 amide bonds. The van der Waals surface area contributed by atoms with Gasteiger partial charge in [0.05, 0.1) is 13.5 Å². The molecule has 1 aromatic carbocycles. The minimum atomic E-state index is -0.459. The smallest absolute Gasteiger partial charge is 0.224 e. The molecule has 0 aliphatic heterocycles. The van der Waals surface area contributed by atoms with E-state index in [1.165, 1.54) is 19.2 Å². The lowest BCUT2D eigenvalue weighted by atomic mass is 10.1. The van der Waals surface area contributed by atoms with E-state index in [0.717, 1.165) is 19.3 Å². The van der Waals surface area contributed by atoms with Gasteiger partial charge in [0.25, 0.3) is 0 Å². The molecule has 3 N–H and O–H groups in total. The number of methoxy groups -OCH3 is 1. The number of carbonyl (C=O) groups excluding carboxylic acids is 1. The molecule has 0 spiro atoms. The van der Waals surface area contributed by atoms with Crippen LogP contribution in [-0.4, -0.2) is 25.6 Å². The van der Waals surface area contributed by atoms with Crippen molar-refractivity contribution in [3.05, 3.63) is 29.6 Å². The number of amides is 1. The molecule has 0 aliphatic rings. The number of carbonyl (C=O) groups is 1. The topological polar surface area (TPSA) is 64.3 Å². The second-order valence-corrected chi connectivity index (χ2v) is 4.79. The van der Waals surface area contributed by atoms with Gasteiger partial charge in [-0.1, -0.05) is 25.8 Å². The van der Waals surface area contributed by atoms with Crippen LogP contribution < -0.4 is 15.8 Å². The monoisotopic (exact) mass is 318 g/mol. The molecule has 1 unspecified atom stereocenters. The van der Waals surface area contributed by atoms with E-state index in [1.54, 1.807) is 6.07 Å². The van der Waals surface area contributed by atoms with Crippen molar-refractivity contribution in [1.82, 2.24) is 5.32 Å². The zero-order chi connectivity index (χ0) is 15.0. The zero-order valence-corrected chi connectivity index (χ0v) is 13.3. The van der Waals surface area contributed by atoms with Crippen LogP contribution in [0.1, 0.15) is 31.7 Å². The number of halogens is 2. The molecular formula is C15H24ClFN2O2. The van der Waals surface area contributed by atoms with Crippen LogP contribution in [0.3, 0.4) is 0 Å². The van der Waals surface area contributed by atoms with E-state index < -0.39 is 5.82 Å². The molecule has 120 valence electrons. The van der Waals surface area contributed by atoms with Gasteiger partial charge in [0.2, 0.25) is 5.91 Å². The molecule has 0 aromatic heterocycles. The Hall–Kier alpha value is -1.33. The van der Waals surface area contributed by atoms with E-state index in [4.69, 9.17) is 10.5 Å². The van der Waals surface area contributed by atoms with Gasteiger partial charge in [-0.25, -0.2) is 4.39 Å². The maximum absolute atomic E-state index is 13.5. The average Bonchev–Trinajstić information content (AvgIpc) is 2.43. The molecule has 0 saturated carbocycles. The Kier molecular flexibility index (Phi) is 9.75. The predicted octanol–water partition coefficient (Wildman–Crippen LogP) is 2.43. The quantitative estimate of drug-likeness (QED) is 0.773. The van der Waals surface area contributed by atoms with Crippen LogP contribution in [0.5, 0.6) is 5.75 Å². The minimum Gasteiger partial charge on any atom is -0.494 e. The van der Waals surface area contributed by atoms with Crippen LogP contribution in [-0.2, 0) is 11.2 Å². The second-order valence-electron chi connectivity index (χ2n) is 4.79. The number of benzene rings is 1. The zero-order valence-electron chi connectivity index (χ0n) is 12.5. The lowest BCUT2D eigenvalue weighted by Gasteiger charge is -2.16. The van der Waals surface area contributed by atoms with Crippen molar-refractivity contribution >= 4 is 18.3 Å². The molecule has 0 aliphatic carbocycles. The first kappa shape index (κ1) is 19.7. The van der Waals surface area contributed by atoms with E-state index in [0.29, 0.717) is 12.1 Å². The Bertz CT molecular complexity index is 444. The maximum atomic E-state index is 13.5. The van der Waals surface area contributed by atoms with Gasteiger partial charge in [0.1, 0.15) is 0 Å². The molecule has 21 heavy (non-hydrogen) atoms. The van der Waals surface area contributed by atoms with Crippen LogP contribution in [0.25, 0.3) is 0 Å². The highest BCUT2D eigenvalue weighted by Gasteiger charge is 2.12. The summed E-state index contributed by atoms with van der Waals surface area (Å²) in [7, 11) is 1.41. The number of ether oxygens (including phenoxy) is 1. The van der Waals surface area contributed by atoms with Crippen molar-refractivity contribution in [3.63, 3.8) is 0 Å². The summed E-state index contributed by atoms with van der Waals surface area (Å²) in [6.07, 6.45) is 3.11. The first-order valence-electron chi connectivity index (χ1n) is 6.92. The van der Waals surface area contributed by atoms with Gasteiger partial charge in [-0.05, 0) is 24.1 Å². The van der Waals surface area contributed by atoms with Crippen LogP contribution in [0.2, 0.25) is 0 Å². The van der Waals surface area contributed by atoms with E-state index >= 15 is 0 Å². The molecule has 0 bridgehead atoms. The fourth-order valence-corrected chi connectivity index (χ4v) is 1.98. The highest BCUT2D eigenvalue weighted by atomic mass is 35.5. The molecule has 4 nitrogen and oxygen atoms in total. The van der Waals surface area contributed by atoms with Gasteiger partial charge in [-0.15, -0.1) is 12.4 Å². The third kappa shape index (κ3) is 6.78. The van der Waals surface area contributed by atoms with E-state index in [9.17, 15) is 9.18 Å². The number of nitrogens with two attached hydrogens (primary N) is 1. The molecular weight excluding hydrogens is 295 g/mol. The van der Waals surface area contributed by atoms with Crippen molar-refractivity contribution in [2.45, 2.75) is 38.6 Å². The summed E-state index contributed by atoms with van der Waals surface area (Å²) in [5.74, 6) is -0.419. The maximum Gasteiger partial charge on any atom is 0.224 e. The van der Waals surface area contributed by atoms with Crippen molar-refractivity contribution in [2.75, 3.05) is 13.7 Å². The summed E-state index contributed by atoms with van der Waals surface area (Å²) in [4.78, 5) is 11.9. The van der Waals surface area contributed by atoms with Crippen molar-refractivity contribution in [1.29, 1.82) is 0 Å². The molecule has 0 fully saturated rings. The van der Waals surface area contributed by atoms with Crippen LogP contribution >= 0.6 is 12.4 Å². The Morgan fingerprint density at radius 2 is 2.19 bits per heavy atom. The molecule has 0 radical (unpaired) electrons. The van der Waals surface area contributed by atoms with Crippen LogP contribution in [0.15, 0.2) is 18.2 Å². The fraction of sp³-hybridized carbons (Fsp3) is 0.533. The van der Waals surface area contributed by atoms with Crippen LogP contribution in [0.4, 0.5) is 4.39 Å². The second kappa shape index (κ2) is 10.4. The van der Waals surface area contributed by atoms with Gasteiger partial charge < -0.3 is 15.8 Å². The Morgan fingerprint density at radius 3 is 2.71 bits per heavy atom. The van der Waals surface area contributed by atoms with Crippen molar-refractivity contribution in [2.24, 2.45) is 5.73 Å². The lowest BCUT2D eigenvalue weighted by Crippen LogP contribution is -2.40. The largest absolute Gasteiger partial charge is 0.494 e. The first-order valence-corrected chi connectivity index (χ1v) is 6.92. The number of hydrogen-bond acceptors (Lipinski definition) is 3. The third-order valence-corrected chi connectivity index (χ3v) is 3.14. The number of unbranched alkanes of at least 4 members (excludes halogenated alkanes) is 1. The summed E-state index contributed by atoms with van der Waals surface area (Å²) in [6, 6.07) is 4.52. The van der Waals surface area contributed by atoms with Gasteiger partial charge >= 0.3 is 0 Å². The Balaban J connectivity index is 0.00000400. The Morgan fingerprint density at radius 1 is 1.48 bits per heavy atom. The van der Waals surface area contributed by atoms with Gasteiger partial charge in [-0.3, -0.25) is 4.79 Å². The first-order chi connectivity index (χ1) is 9.60. The average molecular weight is 319 g/mol. The summed E-state index contributed by atoms with van der Waals surface area (Å²) < 4.78 is 18.4. The minimum absolute atomic E-state index is 0. The summed E-state index contributed by atoms with van der Waals surface area (Å²) >= 11 is 0.